The van der Waals surface area contributed by atoms with Crippen molar-refractivity contribution >= 4 is 40.6 Å². The molecule has 0 saturated heterocycles. The number of amides is 1. The highest BCUT2D eigenvalue weighted by molar-refractivity contribution is 7.13. The molecule has 1 aliphatic rings. The molecule has 1 amide bonds. The molecule has 3 aromatic heterocycles. The van der Waals surface area contributed by atoms with Gasteiger partial charge in [0.15, 0.2) is 5.82 Å². The van der Waals surface area contributed by atoms with Crippen molar-refractivity contribution in [1.82, 2.24) is 24.5 Å². The van der Waals surface area contributed by atoms with E-state index in [2.05, 4.69) is 20.1 Å². The molecule has 2 aromatic carbocycles. The SMILES string of the molecule is O=C(/C=C/c1cn(-c2ccccc2)nc1-c1cccs1)Nc1ccc(Cl)c(-c2nnc3n2CCCCC3)c1. The summed E-state index contributed by atoms with van der Waals surface area (Å²) in [6.45, 7) is 0.872. The molecular weight excluding hydrogens is 516 g/mol. The van der Waals surface area contributed by atoms with Crippen LogP contribution in [0.25, 0.3) is 33.7 Å². The third kappa shape index (κ3) is 5.05. The largest absolute Gasteiger partial charge is 0.322 e. The second kappa shape index (κ2) is 10.8. The van der Waals surface area contributed by atoms with E-state index in [9.17, 15) is 4.79 Å². The number of fused-ring (bicyclic) bond motifs is 1. The van der Waals surface area contributed by atoms with E-state index in [-0.39, 0.29) is 5.91 Å². The fourth-order valence-electron chi connectivity index (χ4n) is 4.64. The van der Waals surface area contributed by atoms with Gasteiger partial charge in [-0.2, -0.15) is 5.10 Å². The molecule has 6 rings (SSSR count). The summed E-state index contributed by atoms with van der Waals surface area (Å²) in [6.07, 6.45) is 9.56. The Balaban J connectivity index is 1.25. The first-order chi connectivity index (χ1) is 18.7. The van der Waals surface area contributed by atoms with Gasteiger partial charge >= 0.3 is 0 Å². The Kier molecular flexibility index (Phi) is 6.90. The van der Waals surface area contributed by atoms with Crippen LogP contribution in [0.2, 0.25) is 5.02 Å². The van der Waals surface area contributed by atoms with Crippen LogP contribution in [-0.2, 0) is 17.8 Å². The zero-order valence-corrected chi connectivity index (χ0v) is 22.1. The van der Waals surface area contributed by atoms with Crippen LogP contribution >= 0.6 is 22.9 Å². The van der Waals surface area contributed by atoms with Crippen molar-refractivity contribution in [3.05, 3.63) is 94.7 Å². The molecule has 7 nitrogen and oxygen atoms in total. The number of hydrogen-bond acceptors (Lipinski definition) is 5. The van der Waals surface area contributed by atoms with E-state index in [1.807, 2.05) is 64.8 Å². The van der Waals surface area contributed by atoms with Gasteiger partial charge in [-0.15, -0.1) is 21.5 Å². The first kappa shape index (κ1) is 24.3. The van der Waals surface area contributed by atoms with E-state index >= 15 is 0 Å². The topological polar surface area (TPSA) is 77.6 Å². The van der Waals surface area contributed by atoms with Gasteiger partial charge in [-0.25, -0.2) is 4.68 Å². The highest BCUT2D eigenvalue weighted by Gasteiger charge is 2.19. The Morgan fingerprint density at radius 1 is 1.03 bits per heavy atom. The summed E-state index contributed by atoms with van der Waals surface area (Å²) in [4.78, 5) is 14.0. The minimum absolute atomic E-state index is 0.247. The third-order valence-corrected chi connectivity index (χ3v) is 7.72. The Bertz CT molecular complexity index is 1600. The van der Waals surface area contributed by atoms with Gasteiger partial charge in [0, 0.05) is 42.1 Å². The molecule has 38 heavy (non-hydrogen) atoms. The molecule has 1 aliphatic heterocycles. The number of para-hydroxylation sites is 1. The lowest BCUT2D eigenvalue weighted by Gasteiger charge is -2.10. The number of nitrogens with one attached hydrogen (secondary N) is 1. The van der Waals surface area contributed by atoms with Gasteiger partial charge in [0.1, 0.15) is 11.5 Å². The quantitative estimate of drug-likeness (QED) is 0.238. The van der Waals surface area contributed by atoms with Gasteiger partial charge in [-0.3, -0.25) is 4.79 Å². The normalized spacial score (nSPS) is 13.4. The summed E-state index contributed by atoms with van der Waals surface area (Å²) in [5.41, 5.74) is 4.04. The Hall–Kier alpha value is -4.01. The molecule has 0 bridgehead atoms. The van der Waals surface area contributed by atoms with E-state index in [0.29, 0.717) is 10.7 Å². The van der Waals surface area contributed by atoms with Crippen molar-refractivity contribution < 1.29 is 4.79 Å². The second-order valence-corrected chi connectivity index (χ2v) is 10.5. The zero-order chi connectivity index (χ0) is 25.9. The molecule has 0 spiro atoms. The van der Waals surface area contributed by atoms with Crippen LogP contribution in [-0.4, -0.2) is 30.5 Å². The van der Waals surface area contributed by atoms with E-state index in [4.69, 9.17) is 16.7 Å². The van der Waals surface area contributed by atoms with Crippen molar-refractivity contribution in [2.45, 2.75) is 32.2 Å². The van der Waals surface area contributed by atoms with E-state index in [1.165, 1.54) is 12.5 Å². The number of anilines is 1. The lowest BCUT2D eigenvalue weighted by molar-refractivity contribution is -0.111. The second-order valence-electron chi connectivity index (χ2n) is 9.11. The van der Waals surface area contributed by atoms with Gasteiger partial charge in [-0.1, -0.05) is 42.3 Å². The predicted molar refractivity (Wildman–Crippen MR) is 153 cm³/mol. The van der Waals surface area contributed by atoms with E-state index in [0.717, 1.165) is 64.8 Å². The summed E-state index contributed by atoms with van der Waals surface area (Å²) in [7, 11) is 0. The molecular formula is C29H25ClN6OS. The van der Waals surface area contributed by atoms with Crippen LogP contribution in [0.3, 0.4) is 0 Å². The molecule has 9 heteroatoms. The third-order valence-electron chi connectivity index (χ3n) is 6.52. The average Bonchev–Trinajstić information content (AvgIpc) is 3.67. The monoisotopic (exact) mass is 540 g/mol. The Labute approximate surface area is 229 Å². The number of rotatable bonds is 6. The van der Waals surface area contributed by atoms with Crippen molar-refractivity contribution in [3.8, 4) is 27.6 Å². The van der Waals surface area contributed by atoms with Crippen LogP contribution in [0.15, 0.2) is 78.3 Å². The average molecular weight is 541 g/mol. The fraction of sp³-hybridized carbons (Fsp3) is 0.172. The molecule has 0 atom stereocenters. The van der Waals surface area contributed by atoms with Gasteiger partial charge in [0.2, 0.25) is 5.91 Å². The molecule has 0 radical (unpaired) electrons. The highest BCUT2D eigenvalue weighted by atomic mass is 35.5. The van der Waals surface area contributed by atoms with Gasteiger partial charge in [0.25, 0.3) is 0 Å². The maximum atomic E-state index is 12.9. The first-order valence-corrected chi connectivity index (χ1v) is 13.8. The molecule has 0 unspecified atom stereocenters. The van der Waals surface area contributed by atoms with Crippen molar-refractivity contribution in [3.63, 3.8) is 0 Å². The lowest BCUT2D eigenvalue weighted by atomic mass is 10.1. The number of carbonyl (C=O) groups is 1. The minimum Gasteiger partial charge on any atom is -0.322 e. The van der Waals surface area contributed by atoms with Crippen LogP contribution in [0.1, 0.15) is 30.7 Å². The number of carbonyl (C=O) groups excluding carboxylic acids is 1. The smallest absolute Gasteiger partial charge is 0.248 e. The predicted octanol–water partition coefficient (Wildman–Crippen LogP) is 6.89. The lowest BCUT2D eigenvalue weighted by Crippen LogP contribution is -2.08. The number of nitrogens with zero attached hydrogens (tertiary/aromatic N) is 5. The summed E-state index contributed by atoms with van der Waals surface area (Å²) in [5, 5.41) is 19.2. The van der Waals surface area contributed by atoms with Crippen LogP contribution in [0.5, 0.6) is 0 Å². The molecule has 0 aliphatic carbocycles. The van der Waals surface area contributed by atoms with Crippen molar-refractivity contribution in [1.29, 1.82) is 0 Å². The number of halogens is 1. The van der Waals surface area contributed by atoms with Gasteiger partial charge in [-0.05, 0) is 60.7 Å². The maximum absolute atomic E-state index is 12.9. The first-order valence-electron chi connectivity index (χ1n) is 12.6. The number of aryl methyl sites for hydroxylation is 1. The molecule has 190 valence electrons. The van der Waals surface area contributed by atoms with Gasteiger partial charge in [0.05, 0.1) is 15.6 Å². The van der Waals surface area contributed by atoms with Crippen molar-refractivity contribution in [2.75, 3.05) is 5.32 Å². The van der Waals surface area contributed by atoms with Gasteiger partial charge < -0.3 is 9.88 Å². The number of aromatic nitrogens is 5. The fourth-order valence-corrected chi connectivity index (χ4v) is 5.57. The Morgan fingerprint density at radius 2 is 1.92 bits per heavy atom. The van der Waals surface area contributed by atoms with Crippen LogP contribution < -0.4 is 5.32 Å². The Morgan fingerprint density at radius 3 is 2.76 bits per heavy atom. The molecule has 1 N–H and O–H groups in total. The maximum Gasteiger partial charge on any atom is 0.248 e. The standard InChI is InChI=1S/C29H25ClN6OS/c30-24-14-13-21(18-23(24)29-33-32-26-11-5-2-6-16-35(26)29)31-27(37)15-12-20-19-36(22-8-3-1-4-9-22)34-28(20)25-10-7-17-38-25/h1,3-4,7-10,12-15,17-19H,2,5-6,11,16H2,(H,31,37)/b15-12+. The molecule has 0 fully saturated rings. The molecule has 5 aromatic rings. The van der Waals surface area contributed by atoms with E-state index in [1.54, 1.807) is 29.5 Å². The van der Waals surface area contributed by atoms with Crippen LogP contribution in [0.4, 0.5) is 5.69 Å². The number of thiophene rings is 1. The molecule has 4 heterocycles. The summed E-state index contributed by atoms with van der Waals surface area (Å²) < 4.78 is 3.98. The zero-order valence-electron chi connectivity index (χ0n) is 20.5. The minimum atomic E-state index is -0.247. The summed E-state index contributed by atoms with van der Waals surface area (Å²) >= 11 is 8.16. The van der Waals surface area contributed by atoms with E-state index < -0.39 is 0 Å². The highest BCUT2D eigenvalue weighted by Crippen LogP contribution is 2.32. The number of benzene rings is 2. The molecule has 0 saturated carbocycles. The summed E-state index contributed by atoms with van der Waals surface area (Å²) in [6, 6.07) is 19.4. The van der Waals surface area contributed by atoms with Crippen molar-refractivity contribution in [2.24, 2.45) is 0 Å². The number of hydrogen-bond donors (Lipinski definition) is 1. The summed E-state index contributed by atoms with van der Waals surface area (Å²) in [5.74, 6) is 1.49. The van der Waals surface area contributed by atoms with Crippen LogP contribution in [0, 0.1) is 0 Å².